The first-order valence-corrected chi connectivity index (χ1v) is 6.75. The van der Waals surface area contributed by atoms with Crippen LogP contribution in [0.5, 0.6) is 0 Å². The zero-order valence-electron chi connectivity index (χ0n) is 9.47. The molecule has 1 rings (SSSR count). The van der Waals surface area contributed by atoms with E-state index in [0.29, 0.717) is 5.69 Å². The van der Waals surface area contributed by atoms with Crippen molar-refractivity contribution in [3.8, 4) is 0 Å². The minimum absolute atomic E-state index is 0.387. The van der Waals surface area contributed by atoms with Crippen LogP contribution in [0.2, 0.25) is 0 Å². The molecule has 1 unspecified atom stereocenters. The first-order valence-electron chi connectivity index (χ1n) is 5.21. The molecule has 0 saturated carbocycles. The van der Waals surface area contributed by atoms with Crippen LogP contribution in [0.1, 0.15) is 19.4 Å². The summed E-state index contributed by atoms with van der Waals surface area (Å²) < 4.78 is 25.7. The molecule has 0 aliphatic carbocycles. The Balaban J connectivity index is 2.80. The highest BCUT2D eigenvalue weighted by Crippen LogP contribution is 2.13. The van der Waals surface area contributed by atoms with Gasteiger partial charge < -0.3 is 5.11 Å². The fraction of sp³-hybridized carbons (Fsp3) is 0.455. The molecule has 0 heterocycles. The van der Waals surface area contributed by atoms with Crippen molar-refractivity contribution >= 4 is 15.7 Å². The molecule has 5 heteroatoms. The molecule has 1 atom stereocenters. The topological polar surface area (TPSA) is 66.4 Å². The number of hydrogen-bond acceptors (Lipinski definition) is 3. The summed E-state index contributed by atoms with van der Waals surface area (Å²) in [5, 5.41) is 8.00. The third kappa shape index (κ3) is 3.21. The Kier molecular flexibility index (Phi) is 4.32. The second kappa shape index (κ2) is 5.32. The highest BCUT2D eigenvalue weighted by atomic mass is 32.2. The van der Waals surface area contributed by atoms with E-state index < -0.39 is 15.3 Å². The lowest BCUT2D eigenvalue weighted by Gasteiger charge is -2.12. The van der Waals surface area contributed by atoms with Crippen molar-refractivity contribution < 1.29 is 13.5 Å². The summed E-state index contributed by atoms with van der Waals surface area (Å²) in [5.41, 5.74) is 1.68. The maximum atomic E-state index is 11.6. The van der Waals surface area contributed by atoms with E-state index in [0.717, 1.165) is 12.0 Å². The lowest BCUT2D eigenvalue weighted by atomic mass is 10.2. The van der Waals surface area contributed by atoms with Crippen molar-refractivity contribution in [2.75, 3.05) is 11.3 Å². The van der Waals surface area contributed by atoms with Gasteiger partial charge >= 0.3 is 0 Å². The van der Waals surface area contributed by atoms with Gasteiger partial charge in [0, 0.05) is 5.69 Å². The Morgan fingerprint density at radius 1 is 1.31 bits per heavy atom. The third-order valence-corrected chi connectivity index (χ3v) is 4.14. The predicted molar refractivity (Wildman–Crippen MR) is 64.9 cm³/mol. The Morgan fingerprint density at radius 2 is 1.88 bits per heavy atom. The molecule has 1 aromatic carbocycles. The predicted octanol–water partition coefficient (Wildman–Crippen LogP) is 1.37. The fourth-order valence-electron chi connectivity index (χ4n) is 1.17. The maximum absolute atomic E-state index is 11.6. The van der Waals surface area contributed by atoms with Crippen molar-refractivity contribution in [1.82, 2.24) is 0 Å². The first kappa shape index (κ1) is 13.0. The minimum atomic E-state index is -3.48. The van der Waals surface area contributed by atoms with Gasteiger partial charge in [-0.25, -0.2) is 8.42 Å². The van der Waals surface area contributed by atoms with Crippen molar-refractivity contribution in [1.29, 1.82) is 0 Å². The molecule has 0 amide bonds. The second-order valence-corrected chi connectivity index (χ2v) is 5.79. The molecular weight excluding hydrogens is 226 g/mol. The Bertz CT molecular complexity index is 425. The number of rotatable bonds is 5. The van der Waals surface area contributed by atoms with Gasteiger partial charge in [0.25, 0.3) is 0 Å². The van der Waals surface area contributed by atoms with E-state index in [2.05, 4.69) is 4.72 Å². The molecule has 0 saturated heterocycles. The number of nitrogens with one attached hydrogen (secondary N) is 1. The van der Waals surface area contributed by atoms with E-state index in [-0.39, 0.29) is 6.61 Å². The molecule has 0 fully saturated rings. The van der Waals surface area contributed by atoms with Gasteiger partial charge in [-0.15, -0.1) is 0 Å². The summed E-state index contributed by atoms with van der Waals surface area (Å²) in [5.74, 6) is 0. The van der Waals surface area contributed by atoms with Crippen molar-refractivity contribution in [3.05, 3.63) is 29.8 Å². The molecule has 1 aromatic rings. The zero-order chi connectivity index (χ0) is 12.2. The van der Waals surface area contributed by atoms with Gasteiger partial charge in [-0.3, -0.25) is 4.72 Å². The number of hydrogen-bond donors (Lipinski definition) is 2. The molecule has 0 spiro atoms. The maximum Gasteiger partial charge on any atom is 0.237 e. The van der Waals surface area contributed by atoms with Crippen LogP contribution in [-0.4, -0.2) is 25.4 Å². The summed E-state index contributed by atoms with van der Waals surface area (Å²) in [6.45, 7) is 3.11. The average Bonchev–Trinajstić information content (AvgIpc) is 2.28. The Hall–Kier alpha value is -1.07. The van der Waals surface area contributed by atoms with Gasteiger partial charge in [-0.1, -0.05) is 19.1 Å². The van der Waals surface area contributed by atoms with Crippen molar-refractivity contribution in [3.63, 3.8) is 0 Å². The Morgan fingerprint density at radius 3 is 2.31 bits per heavy atom. The van der Waals surface area contributed by atoms with Crippen LogP contribution < -0.4 is 4.72 Å². The highest BCUT2D eigenvalue weighted by molar-refractivity contribution is 7.93. The lowest BCUT2D eigenvalue weighted by molar-refractivity contribution is 0.296. The van der Waals surface area contributed by atoms with Crippen molar-refractivity contribution in [2.24, 2.45) is 0 Å². The van der Waals surface area contributed by atoms with Gasteiger partial charge in [0.1, 0.15) is 5.25 Å². The normalized spacial score (nSPS) is 13.4. The largest absolute Gasteiger partial charge is 0.395 e. The van der Waals surface area contributed by atoms with Crippen LogP contribution in [-0.2, 0) is 16.4 Å². The van der Waals surface area contributed by atoms with E-state index in [4.69, 9.17) is 5.11 Å². The standard InChI is InChI=1S/C11H17NO3S/c1-3-10-4-6-11(7-5-10)12-16(14,15)9(2)8-13/h4-7,9,12-13H,3,8H2,1-2H3. The summed E-state index contributed by atoms with van der Waals surface area (Å²) >= 11 is 0. The van der Waals surface area contributed by atoms with E-state index in [1.54, 1.807) is 12.1 Å². The highest BCUT2D eigenvalue weighted by Gasteiger charge is 2.19. The molecule has 16 heavy (non-hydrogen) atoms. The van der Waals surface area contributed by atoms with Crippen LogP contribution in [0.4, 0.5) is 5.69 Å². The SMILES string of the molecule is CCc1ccc(NS(=O)(=O)C(C)CO)cc1. The number of aliphatic hydroxyl groups is 1. The Labute approximate surface area is 96.4 Å². The molecular formula is C11H17NO3S. The number of aryl methyl sites for hydroxylation is 1. The zero-order valence-corrected chi connectivity index (χ0v) is 10.3. The molecule has 4 nitrogen and oxygen atoms in total. The minimum Gasteiger partial charge on any atom is -0.395 e. The third-order valence-electron chi connectivity index (χ3n) is 2.41. The van der Waals surface area contributed by atoms with Gasteiger partial charge in [-0.2, -0.15) is 0 Å². The van der Waals surface area contributed by atoms with E-state index >= 15 is 0 Å². The molecule has 0 aliphatic rings. The average molecular weight is 243 g/mol. The molecule has 0 radical (unpaired) electrons. The van der Waals surface area contributed by atoms with Gasteiger partial charge in [-0.05, 0) is 31.0 Å². The smallest absolute Gasteiger partial charge is 0.237 e. The number of benzene rings is 1. The molecule has 2 N–H and O–H groups in total. The van der Waals surface area contributed by atoms with Crippen LogP contribution in [0, 0.1) is 0 Å². The fourth-order valence-corrected chi connectivity index (χ4v) is 2.03. The number of aliphatic hydroxyl groups excluding tert-OH is 1. The summed E-state index contributed by atoms with van der Waals surface area (Å²) in [4.78, 5) is 0. The van der Waals surface area contributed by atoms with E-state index in [1.807, 2.05) is 19.1 Å². The van der Waals surface area contributed by atoms with E-state index in [1.165, 1.54) is 6.92 Å². The quantitative estimate of drug-likeness (QED) is 0.821. The van der Waals surface area contributed by atoms with Crippen LogP contribution in [0.25, 0.3) is 0 Å². The van der Waals surface area contributed by atoms with Gasteiger partial charge in [0.15, 0.2) is 0 Å². The van der Waals surface area contributed by atoms with Crippen LogP contribution >= 0.6 is 0 Å². The molecule has 0 aliphatic heterocycles. The van der Waals surface area contributed by atoms with Crippen LogP contribution in [0.15, 0.2) is 24.3 Å². The van der Waals surface area contributed by atoms with Gasteiger partial charge in [0.2, 0.25) is 10.0 Å². The summed E-state index contributed by atoms with van der Waals surface area (Å²) in [6.07, 6.45) is 0.917. The first-order chi connectivity index (χ1) is 7.49. The van der Waals surface area contributed by atoms with E-state index in [9.17, 15) is 8.42 Å². The summed E-state index contributed by atoms with van der Waals surface area (Å²) in [7, 11) is -3.48. The molecule has 90 valence electrons. The molecule has 0 aromatic heterocycles. The molecule has 0 bridgehead atoms. The summed E-state index contributed by atoms with van der Waals surface area (Å²) in [6, 6.07) is 7.20. The number of sulfonamides is 1. The second-order valence-electron chi connectivity index (χ2n) is 3.69. The monoisotopic (exact) mass is 243 g/mol. The lowest BCUT2D eigenvalue weighted by Crippen LogP contribution is -2.28. The van der Waals surface area contributed by atoms with Crippen molar-refractivity contribution in [2.45, 2.75) is 25.5 Å². The van der Waals surface area contributed by atoms with Crippen LogP contribution in [0.3, 0.4) is 0 Å². The van der Waals surface area contributed by atoms with Gasteiger partial charge in [0.05, 0.1) is 6.61 Å². The number of anilines is 1.